The van der Waals surface area contributed by atoms with E-state index in [1.165, 1.54) is 11.8 Å². The molecule has 0 unspecified atom stereocenters. The Balaban J connectivity index is 1.96. The third-order valence-electron chi connectivity index (χ3n) is 4.30. The standard InChI is InChI=1S/C23H24BrClN2O3S/c1-4-11-27-22(28)20(31-23(27)26-17-9-7-16(25)8-10-17)14-15-12-18(24)21(30-6-3)19(13-15)29-5-2/h7-10,12-14H,4-6,11H2,1-3H3/b20-14-,26-23?. The Hall–Kier alpha value is -1.96. The first-order valence-electron chi connectivity index (χ1n) is 10.1. The molecule has 0 aliphatic carbocycles. The molecule has 1 aliphatic heterocycles. The van der Waals surface area contributed by atoms with Gasteiger partial charge in [0.1, 0.15) is 0 Å². The monoisotopic (exact) mass is 522 g/mol. The molecule has 5 nitrogen and oxygen atoms in total. The third kappa shape index (κ3) is 5.84. The molecule has 2 aromatic carbocycles. The smallest absolute Gasteiger partial charge is 0.266 e. The van der Waals surface area contributed by atoms with E-state index in [0.717, 1.165) is 22.1 Å². The molecule has 0 spiro atoms. The van der Waals surface area contributed by atoms with Crippen LogP contribution in [0.3, 0.4) is 0 Å². The van der Waals surface area contributed by atoms with Gasteiger partial charge in [-0.25, -0.2) is 4.99 Å². The summed E-state index contributed by atoms with van der Waals surface area (Å²) in [5, 5.41) is 1.31. The van der Waals surface area contributed by atoms with E-state index in [1.54, 1.807) is 17.0 Å². The van der Waals surface area contributed by atoms with Crippen molar-refractivity contribution in [3.8, 4) is 11.5 Å². The molecule has 2 aromatic rings. The summed E-state index contributed by atoms with van der Waals surface area (Å²) in [6, 6.07) is 11.1. The van der Waals surface area contributed by atoms with Gasteiger partial charge in [-0.3, -0.25) is 9.69 Å². The van der Waals surface area contributed by atoms with E-state index in [4.69, 9.17) is 21.1 Å². The molecule has 1 saturated heterocycles. The lowest BCUT2D eigenvalue weighted by Gasteiger charge is -2.14. The van der Waals surface area contributed by atoms with Crippen LogP contribution >= 0.6 is 39.3 Å². The van der Waals surface area contributed by atoms with Crippen LogP contribution in [0, 0.1) is 0 Å². The number of rotatable bonds is 8. The molecule has 31 heavy (non-hydrogen) atoms. The average molecular weight is 524 g/mol. The number of thioether (sulfide) groups is 1. The Morgan fingerprint density at radius 1 is 1.13 bits per heavy atom. The topological polar surface area (TPSA) is 51.1 Å². The highest BCUT2D eigenvalue weighted by Gasteiger charge is 2.32. The minimum absolute atomic E-state index is 0.0532. The third-order valence-corrected chi connectivity index (χ3v) is 6.15. The highest BCUT2D eigenvalue weighted by atomic mass is 79.9. The van der Waals surface area contributed by atoms with Crippen LogP contribution in [0.25, 0.3) is 6.08 Å². The summed E-state index contributed by atoms with van der Waals surface area (Å²) in [6.07, 6.45) is 2.70. The van der Waals surface area contributed by atoms with Crippen molar-refractivity contribution in [1.29, 1.82) is 0 Å². The fraction of sp³-hybridized carbons (Fsp3) is 0.304. The number of hydrogen-bond donors (Lipinski definition) is 0. The van der Waals surface area contributed by atoms with Crippen LogP contribution < -0.4 is 9.47 Å². The van der Waals surface area contributed by atoms with E-state index in [0.29, 0.717) is 46.4 Å². The number of aliphatic imine (C=N–C) groups is 1. The molecule has 0 N–H and O–H groups in total. The first-order chi connectivity index (χ1) is 15.0. The van der Waals surface area contributed by atoms with Crippen LogP contribution in [-0.4, -0.2) is 35.7 Å². The van der Waals surface area contributed by atoms with Gasteiger partial charge in [0.25, 0.3) is 5.91 Å². The average Bonchev–Trinajstić information content (AvgIpc) is 3.01. The molecule has 0 aromatic heterocycles. The number of halogens is 2. The SMILES string of the molecule is CCCN1C(=O)/C(=C/c2cc(Br)c(OCC)c(OCC)c2)SC1=Nc1ccc(Cl)cc1. The zero-order valence-corrected chi connectivity index (χ0v) is 20.8. The van der Waals surface area contributed by atoms with Crippen LogP contribution in [0.1, 0.15) is 32.8 Å². The molecule has 1 aliphatic rings. The van der Waals surface area contributed by atoms with Gasteiger partial charge in [-0.15, -0.1) is 0 Å². The van der Waals surface area contributed by atoms with E-state index in [2.05, 4.69) is 20.9 Å². The van der Waals surface area contributed by atoms with Gasteiger partial charge in [-0.05, 0) is 96.0 Å². The summed E-state index contributed by atoms with van der Waals surface area (Å²) in [5.41, 5.74) is 1.60. The maximum Gasteiger partial charge on any atom is 0.266 e. The molecule has 8 heteroatoms. The zero-order valence-electron chi connectivity index (χ0n) is 17.7. The number of ether oxygens (including phenoxy) is 2. The van der Waals surface area contributed by atoms with Gasteiger partial charge in [0.2, 0.25) is 0 Å². The predicted octanol–water partition coefficient (Wildman–Crippen LogP) is 6.91. The van der Waals surface area contributed by atoms with Crippen LogP contribution in [0.2, 0.25) is 5.02 Å². The van der Waals surface area contributed by atoms with Crippen molar-refractivity contribution in [1.82, 2.24) is 4.90 Å². The van der Waals surface area contributed by atoms with E-state index < -0.39 is 0 Å². The number of benzene rings is 2. The fourth-order valence-corrected chi connectivity index (χ4v) is 4.73. The van der Waals surface area contributed by atoms with Crippen molar-refractivity contribution in [2.75, 3.05) is 19.8 Å². The van der Waals surface area contributed by atoms with Crippen molar-refractivity contribution in [3.05, 3.63) is 56.4 Å². The highest BCUT2D eigenvalue weighted by Crippen LogP contribution is 2.39. The Labute approximate surface area is 200 Å². The van der Waals surface area contributed by atoms with Gasteiger partial charge < -0.3 is 9.47 Å². The van der Waals surface area contributed by atoms with Crippen LogP contribution in [0.5, 0.6) is 11.5 Å². The van der Waals surface area contributed by atoms with Crippen molar-refractivity contribution in [3.63, 3.8) is 0 Å². The molecular formula is C23H24BrClN2O3S. The summed E-state index contributed by atoms with van der Waals surface area (Å²) >= 11 is 10.9. The van der Waals surface area contributed by atoms with Crippen molar-refractivity contribution < 1.29 is 14.3 Å². The lowest BCUT2D eigenvalue weighted by atomic mass is 10.2. The van der Waals surface area contributed by atoms with Gasteiger partial charge >= 0.3 is 0 Å². The second-order valence-corrected chi connectivity index (χ2v) is 8.93. The van der Waals surface area contributed by atoms with E-state index >= 15 is 0 Å². The van der Waals surface area contributed by atoms with E-state index in [9.17, 15) is 4.79 Å². The molecule has 1 fully saturated rings. The van der Waals surface area contributed by atoms with E-state index in [-0.39, 0.29) is 5.91 Å². The lowest BCUT2D eigenvalue weighted by Crippen LogP contribution is -2.29. The Morgan fingerprint density at radius 3 is 2.48 bits per heavy atom. The van der Waals surface area contributed by atoms with Crippen LogP contribution in [0.4, 0.5) is 5.69 Å². The summed E-state index contributed by atoms with van der Waals surface area (Å²) in [7, 11) is 0. The van der Waals surface area contributed by atoms with Gasteiger partial charge in [-0.1, -0.05) is 18.5 Å². The summed E-state index contributed by atoms with van der Waals surface area (Å²) in [4.78, 5) is 20.1. The Bertz CT molecular complexity index is 1010. The maximum absolute atomic E-state index is 13.1. The molecule has 1 heterocycles. The first-order valence-corrected chi connectivity index (χ1v) is 12.1. The minimum Gasteiger partial charge on any atom is -0.490 e. The second-order valence-electron chi connectivity index (χ2n) is 6.63. The molecule has 3 rings (SSSR count). The largest absolute Gasteiger partial charge is 0.490 e. The highest BCUT2D eigenvalue weighted by molar-refractivity contribution is 9.10. The summed E-state index contributed by atoms with van der Waals surface area (Å²) < 4.78 is 12.2. The normalized spacial score (nSPS) is 16.4. The second kappa shape index (κ2) is 11.1. The lowest BCUT2D eigenvalue weighted by molar-refractivity contribution is -0.122. The molecule has 0 atom stereocenters. The van der Waals surface area contributed by atoms with Gasteiger partial charge in [0.15, 0.2) is 16.7 Å². The molecular weight excluding hydrogens is 500 g/mol. The molecule has 164 valence electrons. The quantitative estimate of drug-likeness (QED) is 0.353. The predicted molar refractivity (Wildman–Crippen MR) is 133 cm³/mol. The minimum atomic E-state index is -0.0532. The van der Waals surface area contributed by atoms with Crippen molar-refractivity contribution in [2.24, 2.45) is 4.99 Å². The summed E-state index contributed by atoms with van der Waals surface area (Å²) in [5.74, 6) is 1.25. The Kier molecular flexibility index (Phi) is 8.46. The van der Waals surface area contributed by atoms with Gasteiger partial charge in [-0.2, -0.15) is 0 Å². The number of amides is 1. The first kappa shape index (κ1) is 23.7. The molecule has 0 saturated carbocycles. The van der Waals surface area contributed by atoms with Crippen LogP contribution in [0.15, 0.2) is 50.8 Å². The zero-order chi connectivity index (χ0) is 22.4. The maximum atomic E-state index is 13.1. The Morgan fingerprint density at radius 2 is 1.84 bits per heavy atom. The number of hydrogen-bond acceptors (Lipinski definition) is 5. The van der Waals surface area contributed by atoms with E-state index in [1.807, 2.05) is 51.1 Å². The van der Waals surface area contributed by atoms with Gasteiger partial charge in [0.05, 0.1) is 28.3 Å². The number of amidine groups is 1. The van der Waals surface area contributed by atoms with Gasteiger partial charge in [0, 0.05) is 11.6 Å². The van der Waals surface area contributed by atoms with Crippen molar-refractivity contribution >= 4 is 62.1 Å². The van der Waals surface area contributed by atoms with Crippen molar-refractivity contribution in [2.45, 2.75) is 27.2 Å². The number of nitrogens with zero attached hydrogens (tertiary/aromatic N) is 2. The fourth-order valence-electron chi connectivity index (χ4n) is 3.01. The molecule has 1 amide bonds. The number of carbonyl (C=O) groups is 1. The molecule has 0 bridgehead atoms. The van der Waals surface area contributed by atoms with Crippen LogP contribution in [-0.2, 0) is 4.79 Å². The summed E-state index contributed by atoms with van der Waals surface area (Å²) in [6.45, 7) is 7.54. The number of carbonyl (C=O) groups excluding carboxylic acids is 1. The molecule has 0 radical (unpaired) electrons.